The third-order valence-corrected chi connectivity index (χ3v) is 5.47. The monoisotopic (exact) mass is 280 g/mol. The highest BCUT2D eigenvalue weighted by Gasteiger charge is 2.40. The Morgan fingerprint density at radius 1 is 0.900 bits per heavy atom. The summed E-state index contributed by atoms with van der Waals surface area (Å²) in [4.78, 5) is 22.9. The van der Waals surface area contributed by atoms with Gasteiger partial charge in [0.05, 0.1) is 5.92 Å². The van der Waals surface area contributed by atoms with Crippen LogP contribution in [0.2, 0.25) is 0 Å². The van der Waals surface area contributed by atoms with Gasteiger partial charge in [-0.05, 0) is 56.8 Å². The Morgan fingerprint density at radius 3 is 2.20 bits per heavy atom. The summed E-state index contributed by atoms with van der Waals surface area (Å²) in [7, 11) is 0. The minimum atomic E-state index is -0.699. The van der Waals surface area contributed by atoms with Crippen LogP contribution in [0.3, 0.4) is 0 Å². The van der Waals surface area contributed by atoms with Crippen molar-refractivity contribution >= 4 is 12.0 Å². The minimum absolute atomic E-state index is 0.0543. The third kappa shape index (κ3) is 2.91. The lowest BCUT2D eigenvalue weighted by Crippen LogP contribution is -2.48. The van der Waals surface area contributed by atoms with Crippen LogP contribution in [0.4, 0.5) is 4.79 Å². The number of urea groups is 1. The molecular weight excluding hydrogens is 256 g/mol. The molecule has 3 unspecified atom stereocenters. The first-order valence-electron chi connectivity index (χ1n) is 7.91. The van der Waals surface area contributed by atoms with Crippen molar-refractivity contribution in [3.8, 4) is 0 Å². The second kappa shape index (κ2) is 5.62. The van der Waals surface area contributed by atoms with E-state index in [0.29, 0.717) is 24.8 Å². The zero-order valence-electron chi connectivity index (χ0n) is 11.8. The Kier molecular flexibility index (Phi) is 3.85. The van der Waals surface area contributed by atoms with E-state index in [0.717, 1.165) is 25.2 Å². The van der Waals surface area contributed by atoms with Gasteiger partial charge in [0.1, 0.15) is 0 Å². The molecule has 3 aliphatic carbocycles. The Labute approximate surface area is 119 Å². The highest BCUT2D eigenvalue weighted by atomic mass is 16.4. The molecule has 3 rings (SSSR count). The summed E-state index contributed by atoms with van der Waals surface area (Å²) < 4.78 is 0. The lowest BCUT2D eigenvalue weighted by molar-refractivity contribution is -0.142. The molecule has 5 nitrogen and oxygen atoms in total. The molecule has 0 heterocycles. The molecule has 112 valence electrons. The first-order chi connectivity index (χ1) is 9.61. The second-order valence-electron chi connectivity index (χ2n) is 6.79. The molecule has 2 amide bonds. The molecule has 3 N–H and O–H groups in total. The fourth-order valence-corrected chi connectivity index (χ4v) is 4.30. The SMILES string of the molecule is O=C(NC1CCC(C(=O)O)CC1)NC1CC2CCC1C2. The van der Waals surface area contributed by atoms with Gasteiger partial charge in [-0.1, -0.05) is 6.42 Å². The average Bonchev–Trinajstić information content (AvgIpc) is 3.01. The molecule has 5 heteroatoms. The van der Waals surface area contributed by atoms with Crippen molar-refractivity contribution < 1.29 is 14.7 Å². The van der Waals surface area contributed by atoms with Gasteiger partial charge in [0.25, 0.3) is 0 Å². The zero-order valence-corrected chi connectivity index (χ0v) is 11.8. The second-order valence-corrected chi connectivity index (χ2v) is 6.79. The molecule has 20 heavy (non-hydrogen) atoms. The summed E-state index contributed by atoms with van der Waals surface area (Å²) >= 11 is 0. The standard InChI is InChI=1S/C15H24N2O3/c18-14(19)10-3-5-12(6-4-10)16-15(20)17-13-8-9-1-2-11(13)7-9/h9-13H,1-8H2,(H,18,19)(H2,16,17,20). The Balaban J connectivity index is 1.40. The van der Waals surface area contributed by atoms with Crippen molar-refractivity contribution in [2.75, 3.05) is 0 Å². The van der Waals surface area contributed by atoms with Crippen LogP contribution in [-0.4, -0.2) is 29.2 Å². The molecule has 0 radical (unpaired) electrons. The van der Waals surface area contributed by atoms with Gasteiger partial charge >= 0.3 is 12.0 Å². The van der Waals surface area contributed by atoms with Crippen LogP contribution in [0.5, 0.6) is 0 Å². The van der Waals surface area contributed by atoms with Gasteiger partial charge in [-0.3, -0.25) is 4.79 Å². The molecule has 2 bridgehead atoms. The van der Waals surface area contributed by atoms with E-state index in [9.17, 15) is 9.59 Å². The van der Waals surface area contributed by atoms with E-state index < -0.39 is 5.97 Å². The number of carbonyl (C=O) groups excluding carboxylic acids is 1. The maximum Gasteiger partial charge on any atom is 0.315 e. The Hall–Kier alpha value is -1.26. The summed E-state index contributed by atoms with van der Waals surface area (Å²) in [5.41, 5.74) is 0. The lowest BCUT2D eigenvalue weighted by Gasteiger charge is -2.29. The molecule has 0 saturated heterocycles. The highest BCUT2D eigenvalue weighted by Crippen LogP contribution is 2.44. The molecular formula is C15H24N2O3. The first-order valence-corrected chi connectivity index (χ1v) is 7.91. The van der Waals surface area contributed by atoms with Crippen molar-refractivity contribution in [1.29, 1.82) is 0 Å². The van der Waals surface area contributed by atoms with Gasteiger partial charge in [-0.2, -0.15) is 0 Å². The maximum atomic E-state index is 12.0. The van der Waals surface area contributed by atoms with Crippen molar-refractivity contribution in [3.05, 3.63) is 0 Å². The van der Waals surface area contributed by atoms with Crippen LogP contribution in [-0.2, 0) is 4.79 Å². The predicted molar refractivity (Wildman–Crippen MR) is 74.3 cm³/mol. The summed E-state index contributed by atoms with van der Waals surface area (Å²) in [5, 5.41) is 15.1. The predicted octanol–water partition coefficient (Wildman–Crippen LogP) is 2.12. The van der Waals surface area contributed by atoms with Crippen LogP contribution < -0.4 is 10.6 Å². The van der Waals surface area contributed by atoms with E-state index >= 15 is 0 Å². The van der Waals surface area contributed by atoms with Crippen molar-refractivity contribution in [1.82, 2.24) is 10.6 Å². The zero-order chi connectivity index (χ0) is 14.1. The van der Waals surface area contributed by atoms with E-state index in [1.807, 2.05) is 0 Å². The fraction of sp³-hybridized carbons (Fsp3) is 0.867. The molecule has 0 spiro atoms. The van der Waals surface area contributed by atoms with Crippen molar-refractivity contribution in [3.63, 3.8) is 0 Å². The molecule has 3 saturated carbocycles. The number of aliphatic carboxylic acids is 1. The van der Waals surface area contributed by atoms with Gasteiger partial charge in [-0.25, -0.2) is 4.79 Å². The molecule has 0 aromatic heterocycles. The minimum Gasteiger partial charge on any atom is -0.481 e. The lowest BCUT2D eigenvalue weighted by atomic mass is 9.86. The summed E-state index contributed by atoms with van der Waals surface area (Å²) in [5.74, 6) is 0.598. The maximum absolute atomic E-state index is 12.0. The van der Waals surface area contributed by atoms with Crippen molar-refractivity contribution in [2.45, 2.75) is 63.5 Å². The van der Waals surface area contributed by atoms with Gasteiger partial charge in [-0.15, -0.1) is 0 Å². The van der Waals surface area contributed by atoms with E-state index in [1.54, 1.807) is 0 Å². The quantitative estimate of drug-likeness (QED) is 0.741. The van der Waals surface area contributed by atoms with E-state index in [2.05, 4.69) is 10.6 Å². The van der Waals surface area contributed by atoms with Gasteiger partial charge in [0.15, 0.2) is 0 Å². The number of carboxylic acid groups (broad SMARTS) is 1. The Morgan fingerprint density at radius 2 is 1.65 bits per heavy atom. The molecule has 3 atom stereocenters. The van der Waals surface area contributed by atoms with Gasteiger partial charge < -0.3 is 15.7 Å². The number of carboxylic acids is 1. The number of rotatable bonds is 3. The third-order valence-electron chi connectivity index (χ3n) is 5.47. The van der Waals surface area contributed by atoms with Gasteiger partial charge in [0.2, 0.25) is 0 Å². The molecule has 0 aromatic rings. The molecule has 3 aliphatic rings. The van der Waals surface area contributed by atoms with E-state index in [4.69, 9.17) is 5.11 Å². The number of hydrogen-bond acceptors (Lipinski definition) is 2. The number of carbonyl (C=O) groups is 2. The average molecular weight is 280 g/mol. The summed E-state index contributed by atoms with van der Waals surface area (Å²) in [6.07, 6.45) is 7.94. The van der Waals surface area contributed by atoms with Crippen LogP contribution in [0.25, 0.3) is 0 Å². The number of hydrogen-bond donors (Lipinski definition) is 3. The van der Waals surface area contributed by atoms with Crippen LogP contribution in [0.1, 0.15) is 51.4 Å². The van der Waals surface area contributed by atoms with Crippen LogP contribution in [0, 0.1) is 17.8 Å². The Bertz CT molecular complexity index is 391. The first kappa shape index (κ1) is 13.7. The largest absolute Gasteiger partial charge is 0.481 e. The molecule has 0 aliphatic heterocycles. The number of nitrogens with one attached hydrogen (secondary N) is 2. The van der Waals surface area contributed by atoms with E-state index in [1.165, 1.54) is 19.3 Å². The number of amides is 2. The van der Waals surface area contributed by atoms with E-state index in [-0.39, 0.29) is 18.0 Å². The summed E-state index contributed by atoms with van der Waals surface area (Å²) in [6.45, 7) is 0. The number of fused-ring (bicyclic) bond motifs is 2. The van der Waals surface area contributed by atoms with Gasteiger partial charge in [0, 0.05) is 12.1 Å². The fourth-order valence-electron chi connectivity index (χ4n) is 4.30. The molecule has 0 aromatic carbocycles. The summed E-state index contributed by atoms with van der Waals surface area (Å²) in [6, 6.07) is 0.453. The highest BCUT2D eigenvalue weighted by molar-refractivity contribution is 5.75. The topological polar surface area (TPSA) is 78.4 Å². The smallest absolute Gasteiger partial charge is 0.315 e. The normalized spacial score (nSPS) is 39.5. The van der Waals surface area contributed by atoms with Crippen molar-refractivity contribution in [2.24, 2.45) is 17.8 Å². The van der Waals surface area contributed by atoms with Crippen LogP contribution in [0.15, 0.2) is 0 Å². The van der Waals surface area contributed by atoms with Crippen LogP contribution >= 0.6 is 0 Å². The molecule has 3 fully saturated rings.